The molecule has 4 nitrogen and oxygen atoms in total. The van der Waals surface area contributed by atoms with Crippen LogP contribution in [0.25, 0.3) is 0 Å². The standard InChI is InChI=1S/C12H7ClN2O2/c13-10-7-8-14-11(10)6-5-9-3-1-2-4-12(9)15(16)17/h1-4,7-8,14H. The van der Waals surface area contributed by atoms with Gasteiger partial charge in [-0.1, -0.05) is 29.7 Å². The van der Waals surface area contributed by atoms with E-state index in [-0.39, 0.29) is 5.69 Å². The molecule has 0 aliphatic rings. The Bertz CT molecular complexity index is 623. The van der Waals surface area contributed by atoms with Crippen LogP contribution in [0.2, 0.25) is 5.02 Å². The molecule has 1 N–H and O–H groups in total. The fourth-order valence-corrected chi connectivity index (χ4v) is 1.48. The molecule has 1 aromatic heterocycles. The summed E-state index contributed by atoms with van der Waals surface area (Å²) in [5, 5.41) is 11.3. The van der Waals surface area contributed by atoms with Gasteiger partial charge in [0.15, 0.2) is 0 Å². The summed E-state index contributed by atoms with van der Waals surface area (Å²) >= 11 is 5.84. The molecule has 2 aromatic rings. The van der Waals surface area contributed by atoms with E-state index in [1.165, 1.54) is 6.07 Å². The second-order valence-corrected chi connectivity index (χ2v) is 3.63. The van der Waals surface area contributed by atoms with Gasteiger partial charge in [-0.05, 0) is 18.1 Å². The van der Waals surface area contributed by atoms with Crippen LogP contribution in [0, 0.1) is 22.0 Å². The number of rotatable bonds is 1. The maximum Gasteiger partial charge on any atom is 0.284 e. The van der Waals surface area contributed by atoms with Crippen LogP contribution in [0.15, 0.2) is 36.5 Å². The fraction of sp³-hybridized carbons (Fsp3) is 0. The molecular formula is C12H7ClN2O2. The van der Waals surface area contributed by atoms with Crippen LogP contribution >= 0.6 is 11.6 Å². The van der Waals surface area contributed by atoms with Crippen LogP contribution in [0.5, 0.6) is 0 Å². The average molecular weight is 247 g/mol. The topological polar surface area (TPSA) is 58.9 Å². The smallest absolute Gasteiger partial charge is 0.284 e. The molecule has 5 heteroatoms. The zero-order valence-electron chi connectivity index (χ0n) is 8.61. The van der Waals surface area contributed by atoms with Gasteiger partial charge >= 0.3 is 0 Å². The summed E-state index contributed by atoms with van der Waals surface area (Å²) in [6.45, 7) is 0. The van der Waals surface area contributed by atoms with Gasteiger partial charge in [-0.3, -0.25) is 10.1 Å². The fourth-order valence-electron chi connectivity index (χ4n) is 1.31. The highest BCUT2D eigenvalue weighted by Crippen LogP contribution is 2.17. The van der Waals surface area contributed by atoms with Gasteiger partial charge in [0.2, 0.25) is 0 Å². The van der Waals surface area contributed by atoms with E-state index in [1.54, 1.807) is 30.5 Å². The van der Waals surface area contributed by atoms with E-state index >= 15 is 0 Å². The van der Waals surface area contributed by atoms with E-state index in [4.69, 9.17) is 11.6 Å². The second kappa shape index (κ2) is 4.73. The number of H-pyrrole nitrogens is 1. The van der Waals surface area contributed by atoms with Gasteiger partial charge in [0, 0.05) is 12.3 Å². The Morgan fingerprint density at radius 1 is 1.24 bits per heavy atom. The second-order valence-electron chi connectivity index (χ2n) is 3.22. The first-order valence-electron chi connectivity index (χ1n) is 4.77. The Morgan fingerprint density at radius 2 is 2.00 bits per heavy atom. The largest absolute Gasteiger partial charge is 0.354 e. The van der Waals surface area contributed by atoms with E-state index in [9.17, 15) is 10.1 Å². The number of aromatic nitrogens is 1. The number of para-hydroxylation sites is 1. The molecule has 2 rings (SSSR count). The summed E-state index contributed by atoms with van der Waals surface area (Å²) in [6, 6.07) is 7.99. The molecule has 0 amide bonds. The summed E-state index contributed by atoms with van der Waals surface area (Å²) in [5.41, 5.74) is 0.899. The number of halogens is 1. The van der Waals surface area contributed by atoms with Crippen LogP contribution in [0.1, 0.15) is 11.3 Å². The monoisotopic (exact) mass is 246 g/mol. The lowest BCUT2D eigenvalue weighted by Gasteiger charge is -1.93. The van der Waals surface area contributed by atoms with Crippen LogP contribution < -0.4 is 0 Å². The zero-order valence-corrected chi connectivity index (χ0v) is 9.36. The van der Waals surface area contributed by atoms with Gasteiger partial charge in [-0.25, -0.2) is 0 Å². The van der Waals surface area contributed by atoms with Gasteiger partial charge in [-0.15, -0.1) is 0 Å². The number of hydrogen-bond donors (Lipinski definition) is 1. The van der Waals surface area contributed by atoms with Crippen molar-refractivity contribution in [3.63, 3.8) is 0 Å². The molecule has 84 valence electrons. The minimum atomic E-state index is -0.458. The van der Waals surface area contributed by atoms with Gasteiger partial charge in [0.1, 0.15) is 11.3 Å². The minimum absolute atomic E-state index is 0.0114. The van der Waals surface area contributed by atoms with E-state index in [2.05, 4.69) is 16.8 Å². The molecule has 0 fully saturated rings. The predicted octanol–water partition coefficient (Wildman–Crippen LogP) is 2.98. The average Bonchev–Trinajstić information content (AvgIpc) is 2.72. The Morgan fingerprint density at radius 3 is 2.65 bits per heavy atom. The molecule has 0 bridgehead atoms. The van der Waals surface area contributed by atoms with Crippen LogP contribution in [-0.4, -0.2) is 9.91 Å². The third kappa shape index (κ3) is 2.47. The lowest BCUT2D eigenvalue weighted by Crippen LogP contribution is -1.91. The molecule has 0 saturated heterocycles. The molecule has 0 saturated carbocycles. The third-order valence-electron chi connectivity index (χ3n) is 2.12. The Hall–Kier alpha value is -2.25. The van der Waals surface area contributed by atoms with E-state index in [0.29, 0.717) is 16.3 Å². The van der Waals surface area contributed by atoms with Crippen molar-refractivity contribution in [1.29, 1.82) is 0 Å². The van der Waals surface area contributed by atoms with E-state index in [0.717, 1.165) is 0 Å². The molecule has 1 heterocycles. The van der Waals surface area contributed by atoms with Crippen molar-refractivity contribution >= 4 is 17.3 Å². The van der Waals surface area contributed by atoms with Crippen molar-refractivity contribution in [3.05, 3.63) is 62.9 Å². The third-order valence-corrected chi connectivity index (χ3v) is 2.43. The summed E-state index contributed by atoms with van der Waals surface area (Å²) in [6.07, 6.45) is 1.66. The Kier molecular flexibility index (Phi) is 3.12. The van der Waals surface area contributed by atoms with Gasteiger partial charge in [0.05, 0.1) is 9.95 Å². The van der Waals surface area contributed by atoms with Gasteiger partial charge in [-0.2, -0.15) is 0 Å². The number of nitrogens with zero attached hydrogens (tertiary/aromatic N) is 1. The molecule has 17 heavy (non-hydrogen) atoms. The van der Waals surface area contributed by atoms with Crippen molar-refractivity contribution in [2.24, 2.45) is 0 Å². The first-order valence-corrected chi connectivity index (χ1v) is 5.14. The summed E-state index contributed by atoms with van der Waals surface area (Å²) in [7, 11) is 0. The Balaban J connectivity index is 2.41. The molecule has 1 aromatic carbocycles. The molecular weight excluding hydrogens is 240 g/mol. The maximum atomic E-state index is 10.8. The summed E-state index contributed by atoms with van der Waals surface area (Å²) in [5.74, 6) is 5.49. The molecule has 0 unspecified atom stereocenters. The molecule has 0 spiro atoms. The highest BCUT2D eigenvalue weighted by Gasteiger charge is 2.09. The molecule has 0 atom stereocenters. The van der Waals surface area contributed by atoms with Crippen molar-refractivity contribution in [2.75, 3.05) is 0 Å². The predicted molar refractivity (Wildman–Crippen MR) is 64.9 cm³/mol. The highest BCUT2D eigenvalue weighted by molar-refractivity contribution is 6.31. The zero-order chi connectivity index (χ0) is 12.3. The highest BCUT2D eigenvalue weighted by atomic mass is 35.5. The maximum absolute atomic E-state index is 10.8. The van der Waals surface area contributed by atoms with Crippen LogP contribution in [-0.2, 0) is 0 Å². The van der Waals surface area contributed by atoms with Crippen molar-refractivity contribution in [1.82, 2.24) is 4.98 Å². The van der Waals surface area contributed by atoms with Crippen molar-refractivity contribution in [2.45, 2.75) is 0 Å². The quantitative estimate of drug-likeness (QED) is 0.478. The first-order chi connectivity index (χ1) is 8.18. The van der Waals surface area contributed by atoms with Crippen LogP contribution in [0.4, 0.5) is 5.69 Å². The van der Waals surface area contributed by atoms with Crippen molar-refractivity contribution in [3.8, 4) is 11.8 Å². The SMILES string of the molecule is O=[N+]([O-])c1ccccc1C#Cc1[nH]ccc1Cl. The van der Waals surface area contributed by atoms with Crippen molar-refractivity contribution < 1.29 is 4.92 Å². The number of benzene rings is 1. The number of nitro benzene ring substituents is 1. The number of nitro groups is 1. The number of hydrogen-bond acceptors (Lipinski definition) is 2. The summed E-state index contributed by atoms with van der Waals surface area (Å²) < 4.78 is 0. The number of aromatic amines is 1. The Labute approximate surface area is 102 Å². The number of nitrogens with one attached hydrogen (secondary N) is 1. The lowest BCUT2D eigenvalue weighted by atomic mass is 10.2. The minimum Gasteiger partial charge on any atom is -0.354 e. The lowest BCUT2D eigenvalue weighted by molar-refractivity contribution is -0.385. The van der Waals surface area contributed by atoms with E-state index < -0.39 is 4.92 Å². The molecule has 0 aliphatic carbocycles. The van der Waals surface area contributed by atoms with Gasteiger partial charge in [0.25, 0.3) is 5.69 Å². The first kappa shape index (κ1) is 11.2. The normalized spacial score (nSPS) is 9.47. The van der Waals surface area contributed by atoms with E-state index in [1.807, 2.05) is 0 Å². The molecule has 0 aliphatic heterocycles. The molecule has 0 radical (unpaired) electrons. The summed E-state index contributed by atoms with van der Waals surface area (Å²) in [4.78, 5) is 13.1. The van der Waals surface area contributed by atoms with Gasteiger partial charge < -0.3 is 4.98 Å². The van der Waals surface area contributed by atoms with Crippen LogP contribution in [0.3, 0.4) is 0 Å².